The van der Waals surface area contributed by atoms with Crippen LogP contribution in [-0.4, -0.2) is 18.4 Å². The van der Waals surface area contributed by atoms with Crippen molar-refractivity contribution in [2.45, 2.75) is 19.3 Å². The SMILES string of the molecule is CC(C)(C(=O)Nc1ccc(OCC(N)=O)cc1)c1ccc(Cl)cc1. The maximum atomic E-state index is 12.6. The van der Waals surface area contributed by atoms with Crippen molar-refractivity contribution in [1.82, 2.24) is 0 Å². The zero-order valence-electron chi connectivity index (χ0n) is 13.5. The summed E-state index contributed by atoms with van der Waals surface area (Å²) >= 11 is 5.89. The molecule has 0 aliphatic rings. The van der Waals surface area contributed by atoms with Gasteiger partial charge in [-0.2, -0.15) is 0 Å². The second-order valence-corrected chi connectivity index (χ2v) is 6.30. The Bertz CT molecular complexity index is 725. The number of hydrogen-bond donors (Lipinski definition) is 2. The van der Waals surface area contributed by atoms with Crippen molar-refractivity contribution in [3.8, 4) is 5.75 Å². The van der Waals surface area contributed by atoms with Crippen molar-refractivity contribution >= 4 is 29.1 Å². The van der Waals surface area contributed by atoms with E-state index in [0.717, 1.165) is 5.56 Å². The van der Waals surface area contributed by atoms with E-state index in [9.17, 15) is 9.59 Å². The number of primary amides is 1. The maximum Gasteiger partial charge on any atom is 0.255 e. The first kappa shape index (κ1) is 17.8. The molecule has 2 rings (SSSR count). The number of anilines is 1. The quantitative estimate of drug-likeness (QED) is 0.843. The zero-order chi connectivity index (χ0) is 17.7. The van der Waals surface area contributed by atoms with Gasteiger partial charge in [0.15, 0.2) is 6.61 Å². The van der Waals surface area contributed by atoms with E-state index < -0.39 is 11.3 Å². The van der Waals surface area contributed by atoms with Gasteiger partial charge in [0.05, 0.1) is 5.41 Å². The highest BCUT2D eigenvalue weighted by molar-refractivity contribution is 6.30. The summed E-state index contributed by atoms with van der Waals surface area (Å²) in [4.78, 5) is 23.3. The molecule has 0 bridgehead atoms. The molecular weight excluding hydrogens is 328 g/mol. The minimum absolute atomic E-state index is 0.143. The lowest BCUT2D eigenvalue weighted by Gasteiger charge is -2.24. The lowest BCUT2D eigenvalue weighted by Crippen LogP contribution is -2.34. The van der Waals surface area contributed by atoms with Crippen molar-refractivity contribution in [3.05, 3.63) is 59.1 Å². The fourth-order valence-electron chi connectivity index (χ4n) is 2.07. The Labute approximate surface area is 145 Å². The molecule has 0 aromatic heterocycles. The van der Waals surface area contributed by atoms with Crippen molar-refractivity contribution in [1.29, 1.82) is 0 Å². The van der Waals surface area contributed by atoms with Gasteiger partial charge in [-0.15, -0.1) is 0 Å². The molecule has 126 valence electrons. The second-order valence-electron chi connectivity index (χ2n) is 5.87. The second kappa shape index (κ2) is 7.36. The lowest BCUT2D eigenvalue weighted by atomic mass is 9.83. The lowest BCUT2D eigenvalue weighted by molar-refractivity contribution is -0.121. The molecule has 3 N–H and O–H groups in total. The normalized spacial score (nSPS) is 11.0. The first-order valence-electron chi connectivity index (χ1n) is 7.37. The highest BCUT2D eigenvalue weighted by Crippen LogP contribution is 2.27. The Morgan fingerprint density at radius 1 is 1.08 bits per heavy atom. The largest absolute Gasteiger partial charge is 0.484 e. The highest BCUT2D eigenvalue weighted by Gasteiger charge is 2.29. The Balaban J connectivity index is 2.05. The van der Waals surface area contributed by atoms with Crippen LogP contribution < -0.4 is 15.8 Å². The van der Waals surface area contributed by atoms with E-state index in [-0.39, 0.29) is 12.5 Å². The van der Waals surface area contributed by atoms with Gasteiger partial charge in [-0.25, -0.2) is 0 Å². The molecular formula is C18H19ClN2O3. The molecule has 6 heteroatoms. The molecule has 0 saturated heterocycles. The van der Waals surface area contributed by atoms with Gasteiger partial charge in [-0.1, -0.05) is 23.7 Å². The third kappa shape index (κ3) is 4.49. The molecule has 0 heterocycles. The fourth-order valence-corrected chi connectivity index (χ4v) is 2.20. The number of rotatable bonds is 6. The van der Waals surface area contributed by atoms with Crippen LogP contribution in [0.2, 0.25) is 5.02 Å². The Morgan fingerprint density at radius 2 is 1.67 bits per heavy atom. The smallest absolute Gasteiger partial charge is 0.255 e. The van der Waals surface area contributed by atoms with Crippen molar-refractivity contribution in [2.24, 2.45) is 5.73 Å². The molecule has 0 atom stereocenters. The third-order valence-electron chi connectivity index (χ3n) is 3.63. The van der Waals surface area contributed by atoms with Crippen LogP contribution in [0.25, 0.3) is 0 Å². The molecule has 24 heavy (non-hydrogen) atoms. The number of ether oxygens (including phenoxy) is 1. The van der Waals surface area contributed by atoms with Crippen molar-refractivity contribution < 1.29 is 14.3 Å². The molecule has 0 aliphatic carbocycles. The summed E-state index contributed by atoms with van der Waals surface area (Å²) in [6.07, 6.45) is 0. The van der Waals surface area contributed by atoms with Gasteiger partial charge in [-0.05, 0) is 55.8 Å². The summed E-state index contributed by atoms with van der Waals surface area (Å²) in [5.41, 5.74) is 5.80. The number of benzene rings is 2. The van der Waals surface area contributed by atoms with Crippen LogP contribution in [0.3, 0.4) is 0 Å². The summed E-state index contributed by atoms with van der Waals surface area (Å²) in [6, 6.07) is 13.9. The van der Waals surface area contributed by atoms with Crippen LogP contribution in [0.4, 0.5) is 5.69 Å². The van der Waals surface area contributed by atoms with Gasteiger partial charge in [-0.3, -0.25) is 9.59 Å². The monoisotopic (exact) mass is 346 g/mol. The van der Waals surface area contributed by atoms with Crippen LogP contribution in [0, 0.1) is 0 Å². The van der Waals surface area contributed by atoms with Gasteiger partial charge in [0.2, 0.25) is 5.91 Å². The standard InChI is InChI=1S/C18H19ClN2O3/c1-18(2,12-3-5-13(19)6-4-12)17(23)21-14-7-9-15(10-8-14)24-11-16(20)22/h3-10H,11H2,1-2H3,(H2,20,22)(H,21,23). The van der Waals surface area contributed by atoms with E-state index in [1.807, 2.05) is 26.0 Å². The molecule has 2 aromatic carbocycles. The number of carbonyl (C=O) groups is 2. The molecule has 0 fully saturated rings. The van der Waals surface area contributed by atoms with Gasteiger partial charge < -0.3 is 15.8 Å². The zero-order valence-corrected chi connectivity index (χ0v) is 14.3. The van der Waals surface area contributed by atoms with Crippen LogP contribution in [0.5, 0.6) is 5.75 Å². The number of halogens is 1. The molecule has 2 amide bonds. The van der Waals surface area contributed by atoms with Crippen molar-refractivity contribution in [3.63, 3.8) is 0 Å². The van der Waals surface area contributed by atoms with E-state index >= 15 is 0 Å². The van der Waals surface area contributed by atoms with Gasteiger partial charge in [0, 0.05) is 10.7 Å². The highest BCUT2D eigenvalue weighted by atomic mass is 35.5. The summed E-state index contributed by atoms with van der Waals surface area (Å²) in [5.74, 6) is -0.184. The van der Waals surface area contributed by atoms with Crippen molar-refractivity contribution in [2.75, 3.05) is 11.9 Å². The summed E-state index contributed by atoms with van der Waals surface area (Å²) < 4.78 is 5.18. The molecule has 5 nitrogen and oxygen atoms in total. The third-order valence-corrected chi connectivity index (χ3v) is 3.88. The predicted octanol–water partition coefficient (Wildman–Crippen LogP) is 3.12. The van der Waals surface area contributed by atoms with Crippen LogP contribution >= 0.6 is 11.6 Å². The Kier molecular flexibility index (Phi) is 5.46. The average Bonchev–Trinajstić information content (AvgIpc) is 2.54. The number of nitrogens with one attached hydrogen (secondary N) is 1. The Morgan fingerprint density at radius 3 is 2.21 bits per heavy atom. The first-order valence-corrected chi connectivity index (χ1v) is 7.75. The Hall–Kier alpha value is -2.53. The molecule has 0 saturated carbocycles. The summed E-state index contributed by atoms with van der Waals surface area (Å²) in [5, 5.41) is 3.49. The summed E-state index contributed by atoms with van der Waals surface area (Å²) in [7, 11) is 0. The molecule has 0 aliphatic heterocycles. The number of carbonyl (C=O) groups excluding carboxylic acids is 2. The first-order chi connectivity index (χ1) is 11.3. The van der Waals surface area contributed by atoms with Crippen LogP contribution in [-0.2, 0) is 15.0 Å². The number of hydrogen-bond acceptors (Lipinski definition) is 3. The predicted molar refractivity (Wildman–Crippen MR) is 94.2 cm³/mol. The number of amides is 2. The number of nitrogens with two attached hydrogens (primary N) is 1. The van der Waals surface area contributed by atoms with E-state index in [0.29, 0.717) is 16.5 Å². The topological polar surface area (TPSA) is 81.4 Å². The van der Waals surface area contributed by atoms with Crippen LogP contribution in [0.1, 0.15) is 19.4 Å². The summed E-state index contributed by atoms with van der Waals surface area (Å²) in [6.45, 7) is 3.50. The van der Waals surface area contributed by atoms with Gasteiger partial charge >= 0.3 is 0 Å². The fraction of sp³-hybridized carbons (Fsp3) is 0.222. The van der Waals surface area contributed by atoms with Crippen LogP contribution in [0.15, 0.2) is 48.5 Å². The van der Waals surface area contributed by atoms with E-state index in [4.69, 9.17) is 22.1 Å². The minimum Gasteiger partial charge on any atom is -0.484 e. The van der Waals surface area contributed by atoms with E-state index in [2.05, 4.69) is 5.32 Å². The molecule has 2 aromatic rings. The maximum absolute atomic E-state index is 12.6. The van der Waals surface area contributed by atoms with Gasteiger partial charge in [0.1, 0.15) is 5.75 Å². The molecule has 0 spiro atoms. The molecule has 0 radical (unpaired) electrons. The average molecular weight is 347 g/mol. The van der Waals surface area contributed by atoms with Gasteiger partial charge in [0.25, 0.3) is 5.91 Å². The van der Waals surface area contributed by atoms with E-state index in [1.54, 1.807) is 36.4 Å². The van der Waals surface area contributed by atoms with E-state index in [1.165, 1.54) is 0 Å². The minimum atomic E-state index is -0.717. The molecule has 0 unspecified atom stereocenters.